The summed E-state index contributed by atoms with van der Waals surface area (Å²) >= 11 is 0. The van der Waals surface area contributed by atoms with E-state index in [0.29, 0.717) is 17.2 Å². The van der Waals surface area contributed by atoms with Crippen LogP contribution >= 0.6 is 0 Å². The number of rotatable bonds is 2. The summed E-state index contributed by atoms with van der Waals surface area (Å²) in [5.74, 6) is 0.0941. The zero-order valence-electron chi connectivity index (χ0n) is 9.62. The van der Waals surface area contributed by atoms with Crippen LogP contribution in [-0.4, -0.2) is 32.4 Å². The normalized spacial score (nSPS) is 10.7. The van der Waals surface area contributed by atoms with Crippen LogP contribution in [0.4, 0.5) is 0 Å². The Balaban J connectivity index is 2.03. The highest BCUT2D eigenvalue weighted by molar-refractivity contribution is 5.87. The Kier molecular flexibility index (Phi) is 2.33. The van der Waals surface area contributed by atoms with Crippen molar-refractivity contribution < 1.29 is 9.53 Å². The van der Waals surface area contributed by atoms with Gasteiger partial charge >= 0.3 is 5.97 Å². The number of nitrogens with one attached hydrogen (secondary N) is 1. The van der Waals surface area contributed by atoms with E-state index in [-0.39, 0.29) is 0 Å². The minimum atomic E-state index is -0.447. The molecule has 0 aromatic carbocycles. The number of aromatic nitrogens is 4. The van der Waals surface area contributed by atoms with Crippen LogP contribution in [0, 0.1) is 0 Å². The van der Waals surface area contributed by atoms with Crippen molar-refractivity contribution in [3.8, 4) is 11.5 Å². The van der Waals surface area contributed by atoms with E-state index in [9.17, 15) is 4.79 Å². The number of nitrogens with zero attached hydrogens (tertiary/aromatic N) is 3. The van der Waals surface area contributed by atoms with Crippen molar-refractivity contribution in [3.63, 3.8) is 0 Å². The third-order valence-electron chi connectivity index (χ3n) is 2.59. The number of aromatic amines is 1. The lowest BCUT2D eigenvalue weighted by Gasteiger charge is -1.92. The summed E-state index contributed by atoms with van der Waals surface area (Å²) in [6.07, 6.45) is 5.18. The summed E-state index contributed by atoms with van der Waals surface area (Å²) in [5.41, 5.74) is 1.81. The van der Waals surface area contributed by atoms with Crippen LogP contribution in [0.3, 0.4) is 0 Å². The smallest absolute Gasteiger partial charge is 0.356 e. The van der Waals surface area contributed by atoms with E-state index in [1.54, 1.807) is 0 Å². The van der Waals surface area contributed by atoms with Crippen molar-refractivity contribution in [2.24, 2.45) is 0 Å². The number of H-pyrrole nitrogens is 1. The van der Waals surface area contributed by atoms with Crippen molar-refractivity contribution >= 4 is 11.6 Å². The summed E-state index contributed by atoms with van der Waals surface area (Å²) < 4.78 is 6.49. The molecule has 3 heterocycles. The highest BCUT2D eigenvalue weighted by Crippen LogP contribution is 2.15. The molecular formula is C12H10N4O2. The molecule has 1 N–H and O–H groups in total. The fourth-order valence-electron chi connectivity index (χ4n) is 1.71. The number of imidazole rings is 2. The summed E-state index contributed by atoms with van der Waals surface area (Å²) in [7, 11) is 1.33. The van der Waals surface area contributed by atoms with Gasteiger partial charge in [0.25, 0.3) is 0 Å². The number of hydrogen-bond donors (Lipinski definition) is 1. The van der Waals surface area contributed by atoms with E-state index in [0.717, 1.165) is 5.65 Å². The minimum absolute atomic E-state index is 0.310. The lowest BCUT2D eigenvalue weighted by atomic mass is 10.4. The largest absolute Gasteiger partial charge is 0.464 e. The minimum Gasteiger partial charge on any atom is -0.464 e. The van der Waals surface area contributed by atoms with Gasteiger partial charge in [0.15, 0.2) is 5.82 Å². The first-order valence-corrected chi connectivity index (χ1v) is 5.35. The van der Waals surface area contributed by atoms with Gasteiger partial charge in [0, 0.05) is 12.4 Å². The standard InChI is InChI=1S/C12H10N4O2/c1-18-12(17)8-6-13-11(15-8)9-7-16-5-3-2-4-10(16)14-9/h2-7H,1H3,(H,13,15). The summed E-state index contributed by atoms with van der Waals surface area (Å²) in [6.45, 7) is 0. The fourth-order valence-corrected chi connectivity index (χ4v) is 1.71. The predicted octanol–water partition coefficient (Wildman–Crippen LogP) is 1.51. The molecule has 0 saturated carbocycles. The topological polar surface area (TPSA) is 72.3 Å². The van der Waals surface area contributed by atoms with E-state index >= 15 is 0 Å². The SMILES string of the molecule is COC(=O)c1cnc(-c2cn3ccccc3n2)[nH]1. The number of carbonyl (C=O) groups is 1. The molecule has 0 radical (unpaired) electrons. The van der Waals surface area contributed by atoms with Crippen LogP contribution in [0.1, 0.15) is 10.5 Å². The molecule has 3 rings (SSSR count). The molecule has 0 spiro atoms. The second-order valence-corrected chi connectivity index (χ2v) is 3.73. The maximum atomic E-state index is 11.3. The maximum Gasteiger partial charge on any atom is 0.356 e. The Bertz CT molecular complexity index is 681. The number of hydrogen-bond acceptors (Lipinski definition) is 4. The van der Waals surface area contributed by atoms with Crippen molar-refractivity contribution in [2.75, 3.05) is 7.11 Å². The fraction of sp³-hybridized carbons (Fsp3) is 0.0833. The molecule has 0 atom stereocenters. The monoisotopic (exact) mass is 242 g/mol. The van der Waals surface area contributed by atoms with Gasteiger partial charge < -0.3 is 14.1 Å². The third-order valence-corrected chi connectivity index (χ3v) is 2.59. The number of fused-ring (bicyclic) bond motifs is 1. The van der Waals surface area contributed by atoms with Gasteiger partial charge in [-0.3, -0.25) is 0 Å². The second-order valence-electron chi connectivity index (χ2n) is 3.73. The zero-order valence-corrected chi connectivity index (χ0v) is 9.62. The van der Waals surface area contributed by atoms with Crippen LogP contribution in [0.25, 0.3) is 17.2 Å². The summed E-state index contributed by atoms with van der Waals surface area (Å²) in [5, 5.41) is 0. The molecule has 0 unspecified atom stereocenters. The first-order valence-electron chi connectivity index (χ1n) is 5.35. The predicted molar refractivity (Wildman–Crippen MR) is 64.1 cm³/mol. The summed E-state index contributed by atoms with van der Waals surface area (Å²) in [6, 6.07) is 5.72. The van der Waals surface area contributed by atoms with Crippen LogP contribution in [0.5, 0.6) is 0 Å². The average molecular weight is 242 g/mol. The van der Waals surface area contributed by atoms with Crippen LogP contribution in [0.15, 0.2) is 36.8 Å². The first-order chi connectivity index (χ1) is 8.78. The van der Waals surface area contributed by atoms with Crippen molar-refractivity contribution in [1.82, 2.24) is 19.4 Å². The quantitative estimate of drug-likeness (QED) is 0.691. The van der Waals surface area contributed by atoms with Gasteiger partial charge in [-0.1, -0.05) is 6.07 Å². The highest BCUT2D eigenvalue weighted by atomic mass is 16.5. The van der Waals surface area contributed by atoms with Crippen LogP contribution in [-0.2, 0) is 4.74 Å². The number of esters is 1. The maximum absolute atomic E-state index is 11.3. The van der Waals surface area contributed by atoms with Gasteiger partial charge in [-0.05, 0) is 12.1 Å². The number of carbonyl (C=O) groups excluding carboxylic acids is 1. The summed E-state index contributed by atoms with van der Waals surface area (Å²) in [4.78, 5) is 22.7. The Hall–Kier alpha value is -2.63. The lowest BCUT2D eigenvalue weighted by Crippen LogP contribution is -2.00. The van der Waals surface area contributed by atoms with Gasteiger partial charge in [-0.25, -0.2) is 14.8 Å². The Morgan fingerprint density at radius 2 is 2.33 bits per heavy atom. The van der Waals surface area contributed by atoms with E-state index in [1.165, 1.54) is 13.3 Å². The molecule has 0 bridgehead atoms. The lowest BCUT2D eigenvalue weighted by molar-refractivity contribution is 0.0595. The average Bonchev–Trinajstić information content (AvgIpc) is 3.03. The van der Waals surface area contributed by atoms with Crippen LogP contribution < -0.4 is 0 Å². The van der Waals surface area contributed by atoms with E-state index in [2.05, 4.69) is 19.7 Å². The zero-order chi connectivity index (χ0) is 12.5. The number of methoxy groups -OCH3 is 1. The molecule has 90 valence electrons. The molecule has 3 aromatic rings. The molecule has 0 amide bonds. The molecule has 3 aromatic heterocycles. The molecular weight excluding hydrogens is 232 g/mol. The Labute approximate surface area is 102 Å². The molecule has 6 heteroatoms. The third kappa shape index (κ3) is 1.64. The van der Waals surface area contributed by atoms with Gasteiger partial charge in [-0.2, -0.15) is 0 Å². The Morgan fingerprint density at radius 1 is 1.44 bits per heavy atom. The second kappa shape index (κ2) is 3.99. The molecule has 0 saturated heterocycles. The molecule has 0 aliphatic carbocycles. The molecule has 0 aliphatic heterocycles. The number of pyridine rings is 1. The van der Waals surface area contributed by atoms with Crippen LogP contribution in [0.2, 0.25) is 0 Å². The molecule has 18 heavy (non-hydrogen) atoms. The first kappa shape index (κ1) is 10.5. The molecule has 6 nitrogen and oxygen atoms in total. The highest BCUT2D eigenvalue weighted by Gasteiger charge is 2.12. The van der Waals surface area contributed by atoms with Gasteiger partial charge in [0.1, 0.15) is 17.0 Å². The number of ether oxygens (including phenoxy) is 1. The van der Waals surface area contributed by atoms with E-state index in [1.807, 2.05) is 35.0 Å². The molecule has 0 fully saturated rings. The van der Waals surface area contributed by atoms with Gasteiger partial charge in [0.05, 0.1) is 13.3 Å². The van der Waals surface area contributed by atoms with Gasteiger partial charge in [-0.15, -0.1) is 0 Å². The van der Waals surface area contributed by atoms with E-state index < -0.39 is 5.97 Å². The van der Waals surface area contributed by atoms with E-state index in [4.69, 9.17) is 0 Å². The van der Waals surface area contributed by atoms with Crippen molar-refractivity contribution in [1.29, 1.82) is 0 Å². The van der Waals surface area contributed by atoms with Crippen molar-refractivity contribution in [3.05, 3.63) is 42.5 Å². The van der Waals surface area contributed by atoms with Gasteiger partial charge in [0.2, 0.25) is 0 Å². The van der Waals surface area contributed by atoms with Crippen molar-refractivity contribution in [2.45, 2.75) is 0 Å². The molecule has 0 aliphatic rings. The Morgan fingerprint density at radius 3 is 3.11 bits per heavy atom.